The average Bonchev–Trinajstić information content (AvgIpc) is 3.85. The van der Waals surface area contributed by atoms with Crippen LogP contribution in [0.4, 0.5) is 11.5 Å². The fraction of sp³-hybridized carbons (Fsp3) is 0.482. The lowest BCUT2D eigenvalue weighted by Gasteiger charge is -2.45. The molecular formula is C56H63ClN8O6S. The molecule has 6 aliphatic rings. The molecule has 0 bridgehead atoms. The van der Waals surface area contributed by atoms with E-state index < -0.39 is 11.5 Å². The molecule has 0 saturated carbocycles. The Kier molecular flexibility index (Phi) is 14.0. The van der Waals surface area contributed by atoms with Crippen LogP contribution in [0.5, 0.6) is 5.75 Å². The lowest BCUT2D eigenvalue weighted by molar-refractivity contribution is -0.157. The van der Waals surface area contributed by atoms with E-state index in [0.717, 1.165) is 96.1 Å². The standard InChI is InChI=1S/C56H63ClN8O6S/c57-44-8-5-10-46-51(44)72-53(60-46)42-7-2-4-11-47(42)71-56(21-30-64(31-22-56)54(69)43-34-50(67)59-45-9-3-1-6-41(43)45)55(70)65-28-17-37(18-29-65)32-36-15-24-62(25-16-36)35-38-19-26-63(27-20-38)48-33-39(14-23-58-48)40-12-13-49(66)61-52(40)68/h1-11,14,23,33,36-38,40,43H,12-13,15-22,24-32,34-35H2,(H,59,67)(H,61,66,68)/t40?,43-/m0/s1. The number of fused-ring (bicyclic) bond motifs is 2. The van der Waals surface area contributed by atoms with Crippen LogP contribution in [-0.4, -0.2) is 119 Å². The van der Waals surface area contributed by atoms with Gasteiger partial charge in [0.15, 0.2) is 5.60 Å². The number of aromatic nitrogens is 2. The number of ether oxygens (including phenoxy) is 1. The number of para-hydroxylation sites is 2. The number of carbonyl (C=O) groups is 5. The van der Waals surface area contributed by atoms with Crippen LogP contribution in [0.1, 0.15) is 100 Å². The predicted octanol–water partition coefficient (Wildman–Crippen LogP) is 8.66. The van der Waals surface area contributed by atoms with Gasteiger partial charge in [-0.05, 0) is 136 Å². The van der Waals surface area contributed by atoms with E-state index in [2.05, 4.69) is 25.4 Å². The predicted molar refractivity (Wildman–Crippen MR) is 279 cm³/mol. The van der Waals surface area contributed by atoms with E-state index in [-0.39, 0.29) is 41.9 Å². The summed E-state index contributed by atoms with van der Waals surface area (Å²) in [5.41, 5.74) is 2.84. The number of thiazole rings is 1. The van der Waals surface area contributed by atoms with Gasteiger partial charge in [-0.1, -0.05) is 48.0 Å². The first-order chi connectivity index (χ1) is 35.1. The van der Waals surface area contributed by atoms with E-state index in [1.54, 1.807) is 6.20 Å². The number of anilines is 2. The molecule has 5 aromatic rings. The third kappa shape index (κ3) is 10.2. The number of rotatable bonds is 11. The summed E-state index contributed by atoms with van der Waals surface area (Å²) in [7, 11) is 0. The highest BCUT2D eigenvalue weighted by Gasteiger charge is 2.49. The molecule has 376 valence electrons. The van der Waals surface area contributed by atoms with Crippen molar-refractivity contribution < 1.29 is 28.7 Å². The molecule has 2 aromatic heterocycles. The second kappa shape index (κ2) is 20.9. The highest BCUT2D eigenvalue weighted by atomic mass is 35.5. The molecule has 14 nitrogen and oxygen atoms in total. The summed E-state index contributed by atoms with van der Waals surface area (Å²) in [6, 6.07) is 24.9. The van der Waals surface area contributed by atoms with Crippen molar-refractivity contribution in [1.82, 2.24) is 30.0 Å². The van der Waals surface area contributed by atoms with E-state index >= 15 is 4.79 Å². The number of imide groups is 1. The maximum atomic E-state index is 15.2. The smallest absolute Gasteiger partial charge is 0.266 e. The van der Waals surface area contributed by atoms with Gasteiger partial charge < -0.3 is 29.7 Å². The van der Waals surface area contributed by atoms with Gasteiger partial charge >= 0.3 is 0 Å². The lowest BCUT2D eigenvalue weighted by atomic mass is 9.81. The minimum atomic E-state index is -1.20. The molecule has 2 N–H and O–H groups in total. The largest absolute Gasteiger partial charge is 0.477 e. The monoisotopic (exact) mass is 1010 g/mol. The molecule has 6 aliphatic heterocycles. The van der Waals surface area contributed by atoms with Gasteiger partial charge in [0, 0.05) is 83.4 Å². The second-order valence-electron chi connectivity index (χ2n) is 21.0. The molecule has 3 aromatic carbocycles. The van der Waals surface area contributed by atoms with Crippen molar-refractivity contribution in [2.75, 3.05) is 69.1 Å². The summed E-state index contributed by atoms with van der Waals surface area (Å²) in [6.07, 6.45) is 11.2. The Morgan fingerprint density at radius 1 is 0.750 bits per heavy atom. The molecule has 0 spiro atoms. The number of hydrogen-bond acceptors (Lipinski definition) is 11. The zero-order valence-electron chi connectivity index (χ0n) is 40.7. The average molecular weight is 1010 g/mol. The summed E-state index contributed by atoms with van der Waals surface area (Å²) in [5.74, 6) is 1.83. The third-order valence-corrected chi connectivity index (χ3v) is 18.1. The number of benzene rings is 3. The van der Waals surface area contributed by atoms with Crippen LogP contribution < -0.4 is 20.3 Å². The van der Waals surface area contributed by atoms with Crippen molar-refractivity contribution >= 4 is 74.2 Å². The molecular weight excluding hydrogens is 948 g/mol. The van der Waals surface area contributed by atoms with E-state index in [0.29, 0.717) is 86.1 Å². The number of pyridine rings is 1. The molecule has 16 heteroatoms. The zero-order chi connectivity index (χ0) is 49.3. The first-order valence-electron chi connectivity index (χ1n) is 26.1. The van der Waals surface area contributed by atoms with Crippen LogP contribution in [0.25, 0.3) is 20.8 Å². The molecule has 11 rings (SSSR count). The molecule has 5 amide bonds. The molecule has 5 saturated heterocycles. The van der Waals surface area contributed by atoms with Gasteiger partial charge in [-0.3, -0.25) is 29.3 Å². The number of nitrogens with zero attached hydrogens (tertiary/aromatic N) is 6. The fourth-order valence-electron chi connectivity index (χ4n) is 12.4. The van der Waals surface area contributed by atoms with E-state index in [4.69, 9.17) is 21.3 Å². The van der Waals surface area contributed by atoms with E-state index in [1.807, 2.05) is 88.7 Å². The van der Waals surface area contributed by atoms with Gasteiger partial charge in [-0.2, -0.15) is 0 Å². The van der Waals surface area contributed by atoms with Crippen LogP contribution in [0.3, 0.4) is 0 Å². The normalized spacial score (nSPS) is 22.6. The van der Waals surface area contributed by atoms with Gasteiger partial charge in [0.2, 0.25) is 23.6 Å². The van der Waals surface area contributed by atoms with Crippen LogP contribution in [0.15, 0.2) is 85.1 Å². The van der Waals surface area contributed by atoms with Crippen molar-refractivity contribution in [3.8, 4) is 16.3 Å². The molecule has 5 fully saturated rings. The summed E-state index contributed by atoms with van der Waals surface area (Å²) in [4.78, 5) is 84.8. The number of hydrogen-bond donors (Lipinski definition) is 2. The number of carbonyl (C=O) groups excluding carboxylic acids is 5. The number of halogens is 1. The number of nitrogens with one attached hydrogen (secondary N) is 2. The van der Waals surface area contributed by atoms with Gasteiger partial charge in [-0.15, -0.1) is 11.3 Å². The Morgan fingerprint density at radius 2 is 1.47 bits per heavy atom. The third-order valence-electron chi connectivity index (χ3n) is 16.5. The Morgan fingerprint density at radius 3 is 2.24 bits per heavy atom. The molecule has 1 unspecified atom stereocenters. The molecule has 0 aliphatic carbocycles. The highest BCUT2D eigenvalue weighted by Crippen LogP contribution is 2.43. The summed E-state index contributed by atoms with van der Waals surface area (Å²) in [5, 5.41) is 6.80. The summed E-state index contributed by atoms with van der Waals surface area (Å²) in [6.45, 7) is 7.30. The summed E-state index contributed by atoms with van der Waals surface area (Å²) < 4.78 is 7.99. The minimum Gasteiger partial charge on any atom is -0.477 e. The first-order valence-corrected chi connectivity index (χ1v) is 27.3. The van der Waals surface area contributed by atoms with Crippen LogP contribution >= 0.6 is 22.9 Å². The molecule has 8 heterocycles. The van der Waals surface area contributed by atoms with Crippen molar-refractivity contribution in [3.05, 3.63) is 101 Å². The topological polar surface area (TPSA) is 157 Å². The first kappa shape index (κ1) is 48.4. The number of likely N-dealkylation sites (tertiary alicyclic amines) is 3. The maximum Gasteiger partial charge on any atom is 0.266 e. The molecule has 0 radical (unpaired) electrons. The SMILES string of the molecule is O=C1CCC(c2ccnc(N3CCC(CN4CCC(CC5CCN(C(=O)C6(Oc7ccccc7-c7nc8cccc(Cl)c8s7)CCN(C(=O)[C@H]7CC(=O)Nc8ccccc87)CC6)CC5)CC4)CC3)c2)C(=O)N1. The fourth-order valence-corrected chi connectivity index (χ4v) is 13.6. The van der Waals surface area contributed by atoms with Gasteiger partial charge in [0.05, 0.1) is 32.6 Å². The van der Waals surface area contributed by atoms with Gasteiger partial charge in [0.1, 0.15) is 16.6 Å². The van der Waals surface area contributed by atoms with Crippen LogP contribution in [-0.2, 0) is 24.0 Å². The van der Waals surface area contributed by atoms with Crippen LogP contribution in [0.2, 0.25) is 5.02 Å². The van der Waals surface area contributed by atoms with Crippen LogP contribution in [0, 0.1) is 17.8 Å². The van der Waals surface area contributed by atoms with Gasteiger partial charge in [0.25, 0.3) is 5.91 Å². The molecule has 2 atom stereocenters. The van der Waals surface area contributed by atoms with E-state index in [9.17, 15) is 19.2 Å². The zero-order valence-corrected chi connectivity index (χ0v) is 42.3. The van der Waals surface area contributed by atoms with E-state index in [1.165, 1.54) is 30.6 Å². The van der Waals surface area contributed by atoms with Crippen molar-refractivity contribution in [2.45, 2.75) is 94.5 Å². The Balaban J connectivity index is 0.698. The number of piperidine rings is 5. The second-order valence-corrected chi connectivity index (χ2v) is 22.4. The summed E-state index contributed by atoms with van der Waals surface area (Å²) >= 11 is 8.10. The molecule has 72 heavy (non-hydrogen) atoms. The Hall–Kier alpha value is -5.90. The maximum absolute atomic E-state index is 15.2. The van der Waals surface area contributed by atoms with Crippen molar-refractivity contribution in [2.24, 2.45) is 17.8 Å². The highest BCUT2D eigenvalue weighted by molar-refractivity contribution is 7.22. The van der Waals surface area contributed by atoms with Crippen molar-refractivity contribution in [1.29, 1.82) is 0 Å². The lowest BCUT2D eigenvalue weighted by Crippen LogP contribution is -2.60. The Bertz CT molecular complexity index is 2840. The Labute approximate surface area is 429 Å². The number of amides is 5. The van der Waals surface area contributed by atoms with Crippen molar-refractivity contribution in [3.63, 3.8) is 0 Å². The quantitative estimate of drug-likeness (QED) is 0.123. The minimum absolute atomic E-state index is 0.0197. The van der Waals surface area contributed by atoms with Gasteiger partial charge in [-0.25, -0.2) is 9.97 Å².